The summed E-state index contributed by atoms with van der Waals surface area (Å²) >= 11 is 8.07. The fourth-order valence-corrected chi connectivity index (χ4v) is 3.00. The third kappa shape index (κ3) is 6.00. The van der Waals surface area contributed by atoms with Crippen LogP contribution in [0.3, 0.4) is 0 Å². The lowest BCUT2D eigenvalue weighted by molar-refractivity contribution is 0.0926. The Hall–Kier alpha value is -3.50. The first-order valence-electron chi connectivity index (χ1n) is 8.97. The minimum atomic E-state index is -0.564. The highest BCUT2D eigenvalue weighted by Gasteiger charge is 2.13. The van der Waals surface area contributed by atoms with Gasteiger partial charge in [0.1, 0.15) is 0 Å². The van der Waals surface area contributed by atoms with E-state index in [0.717, 1.165) is 5.56 Å². The van der Waals surface area contributed by atoms with Gasteiger partial charge in [0.05, 0.1) is 0 Å². The van der Waals surface area contributed by atoms with Crippen LogP contribution in [0.2, 0.25) is 0 Å². The molecule has 3 rings (SSSR count). The molecule has 8 nitrogen and oxygen atoms in total. The second kappa shape index (κ2) is 10.0. The van der Waals surface area contributed by atoms with Crippen LogP contribution in [0.5, 0.6) is 0 Å². The van der Waals surface area contributed by atoms with Crippen LogP contribution in [-0.2, 0) is 0 Å². The van der Waals surface area contributed by atoms with Crippen molar-refractivity contribution >= 4 is 56.7 Å². The maximum atomic E-state index is 12.4. The number of amides is 3. The quantitative estimate of drug-likeness (QED) is 0.322. The highest BCUT2D eigenvalue weighted by Crippen LogP contribution is 2.14. The highest BCUT2D eigenvalue weighted by atomic mass is 79.9. The standard InChI is InChI=1S/C21H17BrN4O4S/c1-12-4-2-3-5-15(12)19(28)23-14-8-6-13(7-9-14)18(27)25-26-21(31)24-20(29)16-10-11-17(22)30-16/h2-11H,1H3,(H,23,28)(H,25,27)(H2,24,26,29,31). The van der Waals surface area contributed by atoms with E-state index < -0.39 is 11.8 Å². The number of thiocarbonyl (C=S) groups is 1. The van der Waals surface area contributed by atoms with Crippen LogP contribution in [-0.4, -0.2) is 22.8 Å². The lowest BCUT2D eigenvalue weighted by atomic mass is 10.1. The summed E-state index contributed by atoms with van der Waals surface area (Å²) in [7, 11) is 0. The van der Waals surface area contributed by atoms with Crippen LogP contribution in [0.25, 0.3) is 0 Å². The molecule has 0 spiro atoms. The van der Waals surface area contributed by atoms with Gasteiger partial charge in [0.15, 0.2) is 15.5 Å². The van der Waals surface area contributed by atoms with Crippen LogP contribution in [0.4, 0.5) is 5.69 Å². The van der Waals surface area contributed by atoms with Gasteiger partial charge in [0, 0.05) is 16.8 Å². The Labute approximate surface area is 191 Å². The molecule has 0 aliphatic rings. The minimum absolute atomic E-state index is 0.0608. The molecule has 0 aliphatic carbocycles. The average molecular weight is 501 g/mol. The Morgan fingerprint density at radius 1 is 0.871 bits per heavy atom. The summed E-state index contributed by atoms with van der Waals surface area (Å²) in [6.45, 7) is 1.86. The number of benzene rings is 2. The Morgan fingerprint density at radius 3 is 2.23 bits per heavy atom. The van der Waals surface area contributed by atoms with E-state index in [1.54, 1.807) is 42.5 Å². The van der Waals surface area contributed by atoms with E-state index in [-0.39, 0.29) is 16.8 Å². The summed E-state index contributed by atoms with van der Waals surface area (Å²) in [5.41, 5.74) is 7.13. The van der Waals surface area contributed by atoms with Gasteiger partial charge in [-0.15, -0.1) is 0 Å². The molecule has 4 N–H and O–H groups in total. The van der Waals surface area contributed by atoms with E-state index in [2.05, 4.69) is 37.4 Å². The zero-order chi connectivity index (χ0) is 22.4. The summed E-state index contributed by atoms with van der Waals surface area (Å²) in [6.07, 6.45) is 0. The maximum absolute atomic E-state index is 12.4. The molecule has 158 valence electrons. The molecule has 31 heavy (non-hydrogen) atoms. The summed E-state index contributed by atoms with van der Waals surface area (Å²) in [6, 6.07) is 16.6. The van der Waals surface area contributed by atoms with E-state index in [9.17, 15) is 14.4 Å². The number of furan rings is 1. The predicted molar refractivity (Wildman–Crippen MR) is 123 cm³/mol. The lowest BCUT2D eigenvalue weighted by Crippen LogP contribution is -2.48. The van der Waals surface area contributed by atoms with Crippen molar-refractivity contribution in [3.05, 3.63) is 87.8 Å². The number of halogens is 1. The normalized spacial score (nSPS) is 10.1. The Balaban J connectivity index is 1.50. The summed E-state index contributed by atoms with van der Waals surface area (Å²) in [5, 5.41) is 5.06. The molecule has 0 fully saturated rings. The van der Waals surface area contributed by atoms with Crippen molar-refractivity contribution in [1.29, 1.82) is 0 Å². The molecule has 2 aromatic carbocycles. The van der Waals surface area contributed by atoms with Crippen molar-refractivity contribution < 1.29 is 18.8 Å². The molecule has 0 saturated carbocycles. The van der Waals surface area contributed by atoms with Crippen LogP contribution >= 0.6 is 28.1 Å². The van der Waals surface area contributed by atoms with Gasteiger partial charge >= 0.3 is 0 Å². The summed E-state index contributed by atoms with van der Waals surface area (Å²) in [5.74, 6) is -1.22. The molecule has 3 amide bonds. The van der Waals surface area contributed by atoms with Crippen molar-refractivity contribution in [3.8, 4) is 0 Å². The topological polar surface area (TPSA) is 112 Å². The molecule has 0 radical (unpaired) electrons. The second-order valence-corrected chi connectivity index (χ2v) is 7.50. The van der Waals surface area contributed by atoms with Gasteiger partial charge in [-0.3, -0.25) is 30.6 Å². The molecule has 10 heteroatoms. The third-order valence-electron chi connectivity index (χ3n) is 4.11. The number of hydrogen-bond donors (Lipinski definition) is 4. The Kier molecular flexibility index (Phi) is 7.16. The monoisotopic (exact) mass is 500 g/mol. The molecule has 1 heterocycles. The van der Waals surface area contributed by atoms with E-state index in [0.29, 0.717) is 21.5 Å². The van der Waals surface area contributed by atoms with Crippen molar-refractivity contribution in [2.45, 2.75) is 6.92 Å². The number of hydrazine groups is 1. The molecule has 0 saturated heterocycles. The maximum Gasteiger partial charge on any atom is 0.293 e. The van der Waals surface area contributed by atoms with Crippen LogP contribution in [0, 0.1) is 6.92 Å². The van der Waals surface area contributed by atoms with E-state index >= 15 is 0 Å². The number of anilines is 1. The number of carbonyl (C=O) groups is 3. The summed E-state index contributed by atoms with van der Waals surface area (Å²) < 4.78 is 5.52. The van der Waals surface area contributed by atoms with Crippen LogP contribution < -0.4 is 21.5 Å². The van der Waals surface area contributed by atoms with Crippen molar-refractivity contribution in [2.24, 2.45) is 0 Å². The van der Waals surface area contributed by atoms with E-state index in [4.69, 9.17) is 16.6 Å². The molecule has 0 unspecified atom stereocenters. The van der Waals surface area contributed by atoms with Crippen LogP contribution in [0.15, 0.2) is 69.8 Å². The first-order chi connectivity index (χ1) is 14.8. The Morgan fingerprint density at radius 2 is 1.58 bits per heavy atom. The van der Waals surface area contributed by atoms with Gasteiger partial charge in [-0.1, -0.05) is 18.2 Å². The first kappa shape index (κ1) is 22.2. The molecular formula is C21H17BrN4O4S. The van der Waals surface area contributed by atoms with Gasteiger partial charge in [-0.2, -0.15) is 0 Å². The zero-order valence-corrected chi connectivity index (χ0v) is 18.6. The molecule has 0 aliphatic heterocycles. The molecular weight excluding hydrogens is 484 g/mol. The average Bonchev–Trinajstić information content (AvgIpc) is 3.19. The summed E-state index contributed by atoms with van der Waals surface area (Å²) in [4.78, 5) is 36.5. The lowest BCUT2D eigenvalue weighted by Gasteiger charge is -2.11. The minimum Gasteiger partial charge on any atom is -0.444 e. The van der Waals surface area contributed by atoms with Gasteiger partial charge in [-0.05, 0) is 83.1 Å². The van der Waals surface area contributed by atoms with E-state index in [1.807, 2.05) is 19.1 Å². The number of aryl methyl sites for hydroxylation is 1. The van der Waals surface area contributed by atoms with Gasteiger partial charge in [0.25, 0.3) is 17.7 Å². The number of nitrogens with one attached hydrogen (secondary N) is 4. The smallest absolute Gasteiger partial charge is 0.293 e. The second-order valence-electron chi connectivity index (χ2n) is 6.31. The van der Waals surface area contributed by atoms with E-state index in [1.165, 1.54) is 6.07 Å². The van der Waals surface area contributed by atoms with Crippen molar-refractivity contribution in [2.75, 3.05) is 5.32 Å². The Bertz CT molecular complexity index is 1140. The van der Waals surface area contributed by atoms with Crippen LogP contribution in [0.1, 0.15) is 36.8 Å². The highest BCUT2D eigenvalue weighted by molar-refractivity contribution is 9.10. The number of hydrogen-bond acceptors (Lipinski definition) is 5. The molecule has 3 aromatic rings. The van der Waals surface area contributed by atoms with Gasteiger partial charge in [-0.25, -0.2) is 0 Å². The van der Waals surface area contributed by atoms with Crippen molar-refractivity contribution in [1.82, 2.24) is 16.2 Å². The number of rotatable bonds is 4. The van der Waals surface area contributed by atoms with Gasteiger partial charge < -0.3 is 9.73 Å². The molecule has 0 bridgehead atoms. The first-order valence-corrected chi connectivity index (χ1v) is 10.2. The van der Waals surface area contributed by atoms with Gasteiger partial charge in [0.2, 0.25) is 0 Å². The fraction of sp³-hybridized carbons (Fsp3) is 0.0476. The molecule has 0 atom stereocenters. The van der Waals surface area contributed by atoms with Crippen molar-refractivity contribution in [3.63, 3.8) is 0 Å². The largest absolute Gasteiger partial charge is 0.444 e. The fourth-order valence-electron chi connectivity index (χ4n) is 2.55. The predicted octanol–water partition coefficient (Wildman–Crippen LogP) is 3.55. The molecule has 1 aromatic heterocycles. The number of carbonyl (C=O) groups excluding carboxylic acids is 3. The zero-order valence-electron chi connectivity index (χ0n) is 16.2. The SMILES string of the molecule is Cc1ccccc1C(=O)Nc1ccc(C(=O)NNC(=S)NC(=O)c2ccc(Br)o2)cc1. The third-order valence-corrected chi connectivity index (χ3v) is 4.74.